The fourth-order valence-corrected chi connectivity index (χ4v) is 5.95. The van der Waals surface area contributed by atoms with Crippen molar-refractivity contribution in [3.05, 3.63) is 88.6 Å². The molecule has 1 unspecified atom stereocenters. The number of hydrogen-bond acceptors (Lipinski definition) is 7. The molecule has 2 aliphatic rings. The number of hydrogen-bond donors (Lipinski definition) is 1. The number of benzene rings is 1. The van der Waals surface area contributed by atoms with Gasteiger partial charge in [0.2, 0.25) is 12.3 Å². The second kappa shape index (κ2) is 19.4. The summed E-state index contributed by atoms with van der Waals surface area (Å²) in [6.45, 7) is 16.8. The monoisotopic (exact) mass is 666 g/mol. The highest BCUT2D eigenvalue weighted by atomic mass is 35.5. The summed E-state index contributed by atoms with van der Waals surface area (Å²) in [7, 11) is 2.17. The van der Waals surface area contributed by atoms with Gasteiger partial charge in [0.1, 0.15) is 5.75 Å². The Morgan fingerprint density at radius 2 is 1.79 bits per heavy atom. The highest BCUT2D eigenvalue weighted by Gasteiger charge is 2.29. The van der Waals surface area contributed by atoms with Gasteiger partial charge in [-0.2, -0.15) is 0 Å². The quantitative estimate of drug-likeness (QED) is 0.179. The van der Waals surface area contributed by atoms with Crippen molar-refractivity contribution < 1.29 is 24.2 Å². The summed E-state index contributed by atoms with van der Waals surface area (Å²) in [5, 5.41) is 9.83. The van der Waals surface area contributed by atoms with Crippen LogP contribution in [0.3, 0.4) is 0 Å². The average Bonchev–Trinajstić information content (AvgIpc) is 3.04. The molecule has 0 radical (unpaired) electrons. The molecular formula is C37H51ClN4O5. The van der Waals surface area contributed by atoms with Gasteiger partial charge in [-0.1, -0.05) is 42.0 Å². The SMILES string of the molecule is C=C(C)/C=C\C=C(/C)Cl.Cc1nc(Oc2ccc(C(=O)O)cc2)ccc1CN1CCC(N(C=O)C(C)CN(C)C2CCOCC2)CC1. The Labute approximate surface area is 285 Å². The largest absolute Gasteiger partial charge is 0.478 e. The maximum atomic E-state index is 12.1. The first-order valence-corrected chi connectivity index (χ1v) is 16.7. The van der Waals surface area contributed by atoms with Crippen LogP contribution in [0.1, 0.15) is 68.1 Å². The lowest BCUT2D eigenvalue weighted by Crippen LogP contribution is -2.51. The van der Waals surface area contributed by atoms with Crippen LogP contribution in [0.4, 0.5) is 0 Å². The van der Waals surface area contributed by atoms with Crippen molar-refractivity contribution in [3.8, 4) is 11.6 Å². The fraction of sp³-hybridized carbons (Fsp3) is 0.486. The van der Waals surface area contributed by atoms with Gasteiger partial charge in [-0.3, -0.25) is 9.69 Å². The zero-order valence-corrected chi connectivity index (χ0v) is 29.3. The third-order valence-electron chi connectivity index (χ3n) is 8.57. The molecule has 10 heteroatoms. The topological polar surface area (TPSA) is 95.4 Å². The van der Waals surface area contributed by atoms with Crippen molar-refractivity contribution in [2.45, 2.75) is 78.0 Å². The number of aromatic nitrogens is 1. The van der Waals surface area contributed by atoms with Crippen LogP contribution in [0.5, 0.6) is 11.6 Å². The smallest absolute Gasteiger partial charge is 0.335 e. The molecule has 4 rings (SSSR count). The number of nitrogens with zero attached hydrogens (tertiary/aromatic N) is 4. The fourth-order valence-electron chi connectivity index (χ4n) is 5.87. The van der Waals surface area contributed by atoms with Crippen LogP contribution in [0.25, 0.3) is 0 Å². The lowest BCUT2D eigenvalue weighted by atomic mass is 10.0. The molecule has 1 N–H and O–H groups in total. The number of pyridine rings is 1. The molecule has 3 heterocycles. The summed E-state index contributed by atoms with van der Waals surface area (Å²) in [5.74, 6) is 0.0597. The number of halogens is 1. The summed E-state index contributed by atoms with van der Waals surface area (Å²) in [6.07, 6.45) is 10.7. The first-order valence-electron chi connectivity index (χ1n) is 16.3. The Hall–Kier alpha value is -3.50. The van der Waals surface area contributed by atoms with Crippen molar-refractivity contribution in [1.82, 2.24) is 19.7 Å². The summed E-state index contributed by atoms with van der Waals surface area (Å²) in [4.78, 5) is 34.5. The molecule has 1 amide bonds. The molecule has 0 aliphatic carbocycles. The van der Waals surface area contributed by atoms with Crippen molar-refractivity contribution in [2.24, 2.45) is 0 Å². The molecule has 2 fully saturated rings. The number of likely N-dealkylation sites (N-methyl/N-ethyl adjacent to an activating group) is 1. The standard InChI is InChI=1S/C29H40N4O5.C8H11Cl/c1-21(18-31(3)25-12-16-37-17-13-25)33(20-34)26-10-14-32(15-11-26)19-24-6-9-28(30-22(24)2)38-27-7-4-23(5-8-27)29(35)36;1-7(2)5-4-6-8(3)9/h4-9,20-21,25-26H,10-19H2,1-3H3,(H,35,36);4-6H,1H2,2-3H3/b;5-4-,8-6+. The summed E-state index contributed by atoms with van der Waals surface area (Å²) in [5.41, 5.74) is 3.31. The summed E-state index contributed by atoms with van der Waals surface area (Å²) < 4.78 is 11.3. The number of piperidine rings is 1. The van der Waals surface area contributed by atoms with E-state index in [0.29, 0.717) is 17.7 Å². The van der Waals surface area contributed by atoms with E-state index in [2.05, 4.69) is 35.3 Å². The predicted octanol–water partition coefficient (Wildman–Crippen LogP) is 7.06. The Kier molecular flexibility index (Phi) is 15.6. The minimum Gasteiger partial charge on any atom is -0.478 e. The van der Waals surface area contributed by atoms with Gasteiger partial charge < -0.3 is 24.4 Å². The van der Waals surface area contributed by atoms with Crippen LogP contribution in [0.2, 0.25) is 0 Å². The number of allylic oxidation sites excluding steroid dienone is 5. The third kappa shape index (κ3) is 12.9. The highest BCUT2D eigenvalue weighted by molar-refractivity contribution is 6.29. The van der Waals surface area contributed by atoms with Crippen LogP contribution in [0, 0.1) is 6.92 Å². The molecule has 0 spiro atoms. The first-order chi connectivity index (χ1) is 22.5. The summed E-state index contributed by atoms with van der Waals surface area (Å²) in [6, 6.07) is 11.2. The third-order valence-corrected chi connectivity index (χ3v) is 8.70. The minimum absolute atomic E-state index is 0.177. The molecule has 1 aromatic heterocycles. The number of carboxylic acid groups (broad SMARTS) is 1. The molecule has 47 heavy (non-hydrogen) atoms. The average molecular weight is 667 g/mol. The molecule has 256 valence electrons. The van der Waals surface area contributed by atoms with E-state index in [1.54, 1.807) is 12.1 Å². The van der Waals surface area contributed by atoms with E-state index in [1.165, 1.54) is 12.1 Å². The number of likely N-dealkylation sites (tertiary alicyclic amines) is 1. The Balaban J connectivity index is 0.000000584. The van der Waals surface area contributed by atoms with Gasteiger partial charge in [0.25, 0.3) is 0 Å². The van der Waals surface area contributed by atoms with Crippen molar-refractivity contribution in [3.63, 3.8) is 0 Å². The van der Waals surface area contributed by atoms with Crippen LogP contribution in [-0.2, 0) is 16.1 Å². The van der Waals surface area contributed by atoms with E-state index >= 15 is 0 Å². The lowest BCUT2D eigenvalue weighted by molar-refractivity contribution is -0.124. The van der Waals surface area contributed by atoms with Gasteiger partial charge in [-0.25, -0.2) is 9.78 Å². The number of carboxylic acids is 1. The van der Waals surface area contributed by atoms with E-state index in [4.69, 9.17) is 26.2 Å². The lowest BCUT2D eigenvalue weighted by Gasteiger charge is -2.41. The molecular weight excluding hydrogens is 616 g/mol. The van der Waals surface area contributed by atoms with Gasteiger partial charge in [0.05, 0.1) is 5.56 Å². The number of rotatable bonds is 13. The maximum Gasteiger partial charge on any atom is 0.335 e. The summed E-state index contributed by atoms with van der Waals surface area (Å²) >= 11 is 5.54. The van der Waals surface area contributed by atoms with Gasteiger partial charge >= 0.3 is 5.97 Å². The number of carbonyl (C=O) groups excluding carboxylic acids is 1. The van der Waals surface area contributed by atoms with Gasteiger partial charge in [0, 0.05) is 74.3 Å². The highest BCUT2D eigenvalue weighted by Crippen LogP contribution is 2.24. The van der Waals surface area contributed by atoms with E-state index < -0.39 is 5.97 Å². The zero-order valence-electron chi connectivity index (χ0n) is 28.5. The first kappa shape index (κ1) is 38.0. The van der Waals surface area contributed by atoms with E-state index in [-0.39, 0.29) is 17.6 Å². The number of amides is 1. The second-order valence-corrected chi connectivity index (χ2v) is 13.1. The normalized spacial score (nSPS) is 17.2. The van der Waals surface area contributed by atoms with E-state index in [0.717, 1.165) is 93.3 Å². The maximum absolute atomic E-state index is 12.1. The van der Waals surface area contributed by atoms with Crippen LogP contribution in [0.15, 0.2) is 71.8 Å². The van der Waals surface area contributed by atoms with Gasteiger partial charge in [-0.15, -0.1) is 0 Å². The van der Waals surface area contributed by atoms with Gasteiger partial charge in [0.15, 0.2) is 0 Å². The van der Waals surface area contributed by atoms with E-state index in [9.17, 15) is 9.59 Å². The van der Waals surface area contributed by atoms with Crippen LogP contribution >= 0.6 is 11.6 Å². The molecule has 0 saturated carbocycles. The number of aryl methyl sites for hydroxylation is 1. The number of ether oxygens (including phenoxy) is 2. The number of aromatic carboxylic acids is 1. The molecule has 9 nitrogen and oxygen atoms in total. The second-order valence-electron chi connectivity index (χ2n) is 12.5. The molecule has 2 saturated heterocycles. The number of carbonyl (C=O) groups is 2. The molecule has 2 aromatic rings. The molecule has 1 aromatic carbocycles. The molecule has 0 bridgehead atoms. The van der Waals surface area contributed by atoms with Gasteiger partial charge in [-0.05, 0) is 96.3 Å². The van der Waals surface area contributed by atoms with Crippen molar-refractivity contribution >= 4 is 24.0 Å². The van der Waals surface area contributed by atoms with Crippen molar-refractivity contribution in [1.29, 1.82) is 0 Å². The van der Waals surface area contributed by atoms with Crippen LogP contribution < -0.4 is 4.74 Å². The Morgan fingerprint density at radius 1 is 1.13 bits per heavy atom. The van der Waals surface area contributed by atoms with Crippen LogP contribution in [-0.4, -0.2) is 95.2 Å². The molecule has 2 aliphatic heterocycles. The van der Waals surface area contributed by atoms with Crippen molar-refractivity contribution in [2.75, 3.05) is 39.9 Å². The molecule has 1 atom stereocenters. The van der Waals surface area contributed by atoms with E-state index in [1.807, 2.05) is 56.0 Å². The zero-order chi connectivity index (χ0) is 34.3. The predicted molar refractivity (Wildman–Crippen MR) is 188 cm³/mol. The Morgan fingerprint density at radius 3 is 2.34 bits per heavy atom. The minimum atomic E-state index is -0.967. The Bertz CT molecular complexity index is 1360.